The van der Waals surface area contributed by atoms with Crippen molar-refractivity contribution in [1.82, 2.24) is 0 Å². The van der Waals surface area contributed by atoms with Gasteiger partial charge in [0, 0.05) is 18.2 Å². The first-order valence-electron chi connectivity index (χ1n) is 9.84. The number of halogens is 1. The molecule has 0 N–H and O–H groups in total. The van der Waals surface area contributed by atoms with Gasteiger partial charge in [0.25, 0.3) is 0 Å². The minimum Gasteiger partial charge on any atom is -1.00 e. The largest absolute Gasteiger partial charge is 2.00 e. The number of rotatable bonds is 9. The summed E-state index contributed by atoms with van der Waals surface area (Å²) in [5, 5.41) is 1.52. The molecule has 3 aromatic rings. The molecule has 0 bridgehead atoms. The molecule has 0 aliphatic rings. The third-order valence-electron chi connectivity index (χ3n) is 5.36. The van der Waals surface area contributed by atoms with Crippen LogP contribution in [0.25, 0.3) is 0 Å². The van der Waals surface area contributed by atoms with E-state index in [0.717, 1.165) is 0 Å². The van der Waals surface area contributed by atoms with Gasteiger partial charge in [0.1, 0.15) is 34.5 Å². The fraction of sp³-hybridized carbons (Fsp3) is 0.250. The van der Waals surface area contributed by atoms with Crippen molar-refractivity contribution in [3.05, 3.63) is 54.6 Å². The number of hydrogen-bond acceptors (Lipinski definition) is 7. The Bertz CT molecular complexity index is 962. The molecule has 0 atom stereocenters. The predicted molar refractivity (Wildman–Crippen MR) is 129 cm³/mol. The van der Waals surface area contributed by atoms with Crippen LogP contribution in [0.15, 0.2) is 54.6 Å². The Morgan fingerprint density at radius 3 is 0.971 bits per heavy atom. The van der Waals surface area contributed by atoms with Gasteiger partial charge in [-0.05, 0) is 33.8 Å². The normalized spacial score (nSPS) is 10.3. The molecule has 3 rings (SSSR count). The molecule has 0 unspecified atom stereocenters. The third-order valence-corrected chi connectivity index (χ3v) is 8.88. The van der Waals surface area contributed by atoms with Crippen molar-refractivity contribution < 1.29 is 45.6 Å². The van der Waals surface area contributed by atoms with Gasteiger partial charge < -0.3 is 45.6 Å². The van der Waals surface area contributed by atoms with Crippen LogP contribution >= 0.6 is 0 Å². The fourth-order valence-corrected chi connectivity index (χ4v) is 7.09. The minimum absolute atomic E-state index is 0. The summed E-state index contributed by atoms with van der Waals surface area (Å²) >= 11 is 0. The van der Waals surface area contributed by atoms with Crippen LogP contribution in [0.3, 0.4) is 0 Å². The van der Waals surface area contributed by atoms with Crippen molar-refractivity contribution in [3.8, 4) is 34.5 Å². The topological polar surface area (TPSA) is 78.4 Å². The van der Waals surface area contributed by atoms with E-state index in [1.54, 1.807) is 75.9 Å². The minimum atomic E-state index is -3.97. The quantitative estimate of drug-likeness (QED) is 0.234. The molecule has 0 saturated heterocycles. The molecule has 0 aromatic heterocycles. The monoisotopic (exact) mass is 514 g/mol. The van der Waals surface area contributed by atoms with Crippen LogP contribution in [0.2, 0.25) is 0 Å². The zero-order valence-corrected chi connectivity index (χ0v) is 23.3. The second kappa shape index (κ2) is 13.0. The summed E-state index contributed by atoms with van der Waals surface area (Å²) in [6.07, 6.45) is 0. The van der Waals surface area contributed by atoms with Crippen LogP contribution in [0.1, 0.15) is 0 Å². The number of hydrogen-bond donors (Lipinski definition) is 0. The molecular formula is C24H27ClMgO7Si. The van der Waals surface area contributed by atoms with Gasteiger partial charge in [-0.15, -0.1) is 0 Å². The molecule has 0 heterocycles. The molecule has 0 fully saturated rings. The van der Waals surface area contributed by atoms with Gasteiger partial charge in [-0.25, -0.2) is 0 Å². The molecule has 178 valence electrons. The summed E-state index contributed by atoms with van der Waals surface area (Å²) in [7, 11) is 5.32. The Hall–Kier alpha value is -2.31. The summed E-state index contributed by atoms with van der Waals surface area (Å²) in [5.41, 5.74) is 0. The molecule has 0 spiro atoms. The molecule has 34 heavy (non-hydrogen) atoms. The van der Waals surface area contributed by atoms with Crippen LogP contribution in [0, 0.1) is 0 Å². The van der Waals surface area contributed by atoms with Crippen molar-refractivity contribution in [2.45, 2.75) is 0 Å². The fourth-order valence-electron chi connectivity index (χ4n) is 3.70. The smallest absolute Gasteiger partial charge is 1.00 e. The number of ether oxygens (including phenoxy) is 6. The van der Waals surface area contributed by atoms with Crippen molar-refractivity contribution in [1.29, 1.82) is 0 Å². The molecular weight excluding hydrogens is 488 g/mol. The SMILES string of the molecule is COc1ccc([Si]([O-])(c2ccc(OC)cc2OC)c2ccc(OC)cc2OC)c(OC)c1.[Cl-].[Mg+2]. The van der Waals surface area contributed by atoms with E-state index in [2.05, 4.69) is 0 Å². The van der Waals surface area contributed by atoms with Crippen LogP contribution in [-0.4, -0.2) is 74.0 Å². The van der Waals surface area contributed by atoms with Crippen molar-refractivity contribution >= 4 is 46.9 Å². The summed E-state index contributed by atoms with van der Waals surface area (Å²) in [6.45, 7) is 0. The van der Waals surface area contributed by atoms with Crippen molar-refractivity contribution in [2.24, 2.45) is 0 Å². The van der Waals surface area contributed by atoms with E-state index in [1.165, 1.54) is 21.3 Å². The Morgan fingerprint density at radius 1 is 0.500 bits per heavy atom. The number of methoxy groups -OCH3 is 6. The molecule has 0 aliphatic carbocycles. The summed E-state index contributed by atoms with van der Waals surface area (Å²) in [6, 6.07) is 15.7. The second-order valence-corrected chi connectivity index (χ2v) is 9.86. The molecule has 0 amide bonds. The standard InChI is InChI=1S/C24H27O7Si.ClH.Mg/c1-26-16-7-10-22(19(13-16)29-4)32(25,23-11-8-17(27-2)14-20(23)30-5)24-12-9-18(28-3)15-21(24)31-6;;/h7-15H,1-6H3;1H;/q-1;;+2/p-1. The Morgan fingerprint density at radius 2 is 0.765 bits per heavy atom. The van der Waals surface area contributed by atoms with Crippen molar-refractivity contribution in [3.63, 3.8) is 0 Å². The maximum atomic E-state index is 15.2. The van der Waals surface area contributed by atoms with Gasteiger partial charge in [-0.2, -0.15) is 0 Å². The first-order valence-corrected chi connectivity index (χ1v) is 11.8. The van der Waals surface area contributed by atoms with E-state index in [1.807, 2.05) is 0 Å². The Balaban J connectivity index is 0.00000289. The van der Waals surface area contributed by atoms with Gasteiger partial charge in [-0.1, -0.05) is 18.2 Å². The zero-order chi connectivity index (χ0) is 23.3. The Kier molecular flexibility index (Phi) is 11.3. The maximum absolute atomic E-state index is 15.2. The van der Waals surface area contributed by atoms with E-state index in [0.29, 0.717) is 50.1 Å². The molecule has 10 heteroatoms. The van der Waals surface area contributed by atoms with E-state index < -0.39 is 8.32 Å². The predicted octanol–water partition coefficient (Wildman–Crippen LogP) is -2.31. The van der Waals surface area contributed by atoms with E-state index in [-0.39, 0.29) is 35.5 Å². The maximum Gasteiger partial charge on any atom is 2.00 e. The van der Waals surface area contributed by atoms with Gasteiger partial charge in [0.2, 0.25) is 0 Å². The van der Waals surface area contributed by atoms with E-state index in [9.17, 15) is 0 Å². The third kappa shape index (κ3) is 5.50. The van der Waals surface area contributed by atoms with Crippen LogP contribution in [-0.2, 0) is 0 Å². The van der Waals surface area contributed by atoms with Crippen LogP contribution < -0.4 is 61.2 Å². The van der Waals surface area contributed by atoms with Gasteiger partial charge in [0.15, 0.2) is 0 Å². The molecule has 0 radical (unpaired) electrons. The average molecular weight is 515 g/mol. The Labute approximate surface area is 223 Å². The van der Waals surface area contributed by atoms with Gasteiger partial charge in [0.05, 0.1) is 51.0 Å². The first kappa shape index (κ1) is 29.7. The van der Waals surface area contributed by atoms with E-state index in [4.69, 9.17) is 28.4 Å². The van der Waals surface area contributed by atoms with Crippen LogP contribution in [0.5, 0.6) is 34.5 Å². The summed E-state index contributed by atoms with van der Waals surface area (Å²) in [5.74, 6) is 3.06. The zero-order valence-electron chi connectivity index (χ0n) is 20.1. The van der Waals surface area contributed by atoms with Crippen LogP contribution in [0.4, 0.5) is 0 Å². The average Bonchev–Trinajstić information content (AvgIpc) is 2.86. The van der Waals surface area contributed by atoms with Gasteiger partial charge in [-0.3, -0.25) is 0 Å². The van der Waals surface area contributed by atoms with E-state index >= 15 is 4.80 Å². The molecule has 0 aliphatic heterocycles. The summed E-state index contributed by atoms with van der Waals surface area (Å²) in [4.78, 5) is 15.2. The summed E-state index contributed by atoms with van der Waals surface area (Å²) < 4.78 is 32.9. The number of benzene rings is 3. The molecule has 7 nitrogen and oxygen atoms in total. The second-order valence-electron chi connectivity index (χ2n) is 6.88. The first-order chi connectivity index (χ1) is 15.5. The molecule has 3 aromatic carbocycles. The molecule has 0 saturated carbocycles. The van der Waals surface area contributed by atoms with Gasteiger partial charge >= 0.3 is 23.1 Å². The van der Waals surface area contributed by atoms with Crippen molar-refractivity contribution in [2.75, 3.05) is 42.7 Å².